The van der Waals surface area contributed by atoms with Gasteiger partial charge in [0.2, 0.25) is 0 Å². The molecule has 5 fully saturated rings. The second kappa shape index (κ2) is 7.42. The van der Waals surface area contributed by atoms with E-state index in [4.69, 9.17) is 14.2 Å². The molecule has 2 saturated carbocycles. The van der Waals surface area contributed by atoms with E-state index < -0.39 is 82.9 Å². The highest BCUT2D eigenvalue weighted by Gasteiger charge is 2.98. The smallest absolute Gasteiger partial charge is 0.312 e. The van der Waals surface area contributed by atoms with Gasteiger partial charge in [0.25, 0.3) is 0 Å². The van der Waals surface area contributed by atoms with Crippen molar-refractivity contribution in [2.24, 2.45) is 28.6 Å². The maximum atomic E-state index is 12.5. The number of carbonyl (C=O) groups is 2. The van der Waals surface area contributed by atoms with Crippen LogP contribution >= 0.6 is 0 Å². The van der Waals surface area contributed by atoms with Crippen LogP contribution in [-0.4, -0.2) is 97.2 Å². The molecule has 5 aliphatic rings. The minimum Gasteiger partial charge on any atom is -0.456 e. The van der Waals surface area contributed by atoms with E-state index in [0.717, 1.165) is 12.8 Å². The van der Waals surface area contributed by atoms with Gasteiger partial charge in [0, 0.05) is 0 Å². The van der Waals surface area contributed by atoms with Crippen LogP contribution < -0.4 is 0 Å². The first kappa shape index (κ1) is 24.5. The molecule has 8 unspecified atom stereocenters. The lowest BCUT2D eigenvalue weighted by molar-refractivity contribution is -0.303. The summed E-state index contributed by atoms with van der Waals surface area (Å²) in [4.78, 5) is 24.6. The summed E-state index contributed by atoms with van der Waals surface area (Å²) in [7, 11) is 0. The SMILES string of the molecule is CCCC[C@@H]1C(C)CC2([C@@H](O)C=O)C(O)OC34C(O)OC([C@@H]1O)C23[C@@H](O)C1OC(=O)[C@@H](C)[C@@]14O. The number of fused-ring (bicyclic) bond motifs is 1. The summed E-state index contributed by atoms with van der Waals surface area (Å²) in [6, 6.07) is 0. The van der Waals surface area contributed by atoms with Crippen molar-refractivity contribution in [2.45, 2.75) is 101 Å². The monoisotopic (exact) mass is 486 g/mol. The molecule has 34 heavy (non-hydrogen) atoms. The Morgan fingerprint density at radius 2 is 1.82 bits per heavy atom. The lowest BCUT2D eigenvalue weighted by atomic mass is 9.50. The third-order valence-electron chi connectivity index (χ3n) is 9.92. The van der Waals surface area contributed by atoms with E-state index in [1.54, 1.807) is 0 Å². The largest absolute Gasteiger partial charge is 0.456 e. The Morgan fingerprint density at radius 3 is 2.44 bits per heavy atom. The zero-order valence-electron chi connectivity index (χ0n) is 19.4. The van der Waals surface area contributed by atoms with Crippen LogP contribution in [0.4, 0.5) is 0 Å². The number of aliphatic hydroxyl groups excluding tert-OH is 5. The van der Waals surface area contributed by atoms with Crippen molar-refractivity contribution >= 4 is 12.3 Å². The Morgan fingerprint density at radius 1 is 1.15 bits per heavy atom. The maximum absolute atomic E-state index is 12.5. The number of carbonyl (C=O) groups excluding carboxylic acids is 2. The highest BCUT2D eigenvalue weighted by Crippen LogP contribution is 2.80. The Hall–Kier alpha value is -1.18. The van der Waals surface area contributed by atoms with Gasteiger partial charge in [0.1, 0.15) is 18.5 Å². The zero-order valence-corrected chi connectivity index (χ0v) is 19.4. The van der Waals surface area contributed by atoms with Crippen molar-refractivity contribution in [2.75, 3.05) is 0 Å². The van der Waals surface area contributed by atoms with Gasteiger partial charge in [-0.2, -0.15) is 0 Å². The standard InChI is InChI=1S/C23H34O11/c1-4-5-6-11-9(2)7-20(12(25)8-24)18(29)34-23-19(30)33-15(13(11)26)21(20,23)14(27)16-22(23,31)10(3)17(28)32-16/h8-16,18-19,25-27,29-31H,4-7H2,1-3H3/t9?,10-,11-,12+,13-,14+,15?,16?,18?,19?,20?,21?,22-,23?/m1/s1. The van der Waals surface area contributed by atoms with Gasteiger partial charge in [-0.15, -0.1) is 0 Å². The molecule has 3 aliphatic heterocycles. The van der Waals surface area contributed by atoms with Crippen LogP contribution in [0.25, 0.3) is 0 Å². The normalized spacial score (nSPS) is 58.6. The fourth-order valence-electron chi connectivity index (χ4n) is 8.51. The summed E-state index contributed by atoms with van der Waals surface area (Å²) in [5.74, 6) is -2.97. The Balaban J connectivity index is 1.83. The van der Waals surface area contributed by atoms with Crippen LogP contribution in [0.15, 0.2) is 0 Å². The van der Waals surface area contributed by atoms with Crippen LogP contribution in [0.1, 0.15) is 46.5 Å². The van der Waals surface area contributed by atoms with Crippen molar-refractivity contribution in [3.8, 4) is 0 Å². The molecule has 11 heteroatoms. The predicted molar refractivity (Wildman–Crippen MR) is 110 cm³/mol. The number of rotatable bonds is 5. The molecule has 0 bridgehead atoms. The van der Waals surface area contributed by atoms with E-state index in [-0.39, 0.29) is 18.6 Å². The molecular weight excluding hydrogens is 452 g/mol. The average Bonchev–Trinajstić information content (AvgIpc) is 3.33. The summed E-state index contributed by atoms with van der Waals surface area (Å²) in [5, 5.41) is 69.2. The molecule has 3 saturated heterocycles. The maximum Gasteiger partial charge on any atom is 0.312 e. The third kappa shape index (κ3) is 2.19. The highest BCUT2D eigenvalue weighted by atomic mass is 16.7. The number of hydrogen-bond donors (Lipinski definition) is 6. The first-order valence-electron chi connectivity index (χ1n) is 12.1. The van der Waals surface area contributed by atoms with Gasteiger partial charge in [-0.25, -0.2) is 0 Å². The summed E-state index contributed by atoms with van der Waals surface area (Å²) < 4.78 is 17.1. The van der Waals surface area contributed by atoms with E-state index in [1.165, 1.54) is 6.92 Å². The van der Waals surface area contributed by atoms with E-state index in [0.29, 0.717) is 6.42 Å². The molecule has 5 rings (SSSR count). The van der Waals surface area contributed by atoms with Crippen molar-refractivity contribution < 1.29 is 54.4 Å². The summed E-state index contributed by atoms with van der Waals surface area (Å²) in [6.45, 7) is 5.14. The second-order valence-corrected chi connectivity index (χ2v) is 10.9. The van der Waals surface area contributed by atoms with Gasteiger partial charge >= 0.3 is 5.97 Å². The number of ether oxygens (including phenoxy) is 3. The molecule has 0 aromatic rings. The number of hydrogen-bond acceptors (Lipinski definition) is 11. The molecular formula is C23H34O11. The molecule has 0 radical (unpaired) electrons. The molecule has 0 aromatic carbocycles. The lowest BCUT2D eigenvalue weighted by Crippen LogP contribution is -2.69. The second-order valence-electron chi connectivity index (χ2n) is 10.9. The van der Waals surface area contributed by atoms with Crippen molar-refractivity contribution in [3.05, 3.63) is 0 Å². The fraction of sp³-hybridized carbons (Fsp3) is 0.913. The number of aldehydes is 1. The molecule has 1 spiro atoms. The number of esters is 1. The van der Waals surface area contributed by atoms with E-state index >= 15 is 0 Å². The fourth-order valence-corrected chi connectivity index (χ4v) is 8.51. The third-order valence-corrected chi connectivity index (χ3v) is 9.92. The molecule has 11 nitrogen and oxygen atoms in total. The molecule has 6 N–H and O–H groups in total. The van der Waals surface area contributed by atoms with Crippen LogP contribution in [0, 0.1) is 28.6 Å². The van der Waals surface area contributed by atoms with Crippen LogP contribution in [0.3, 0.4) is 0 Å². The number of aliphatic hydroxyl groups is 6. The Labute approximate surface area is 196 Å². The average molecular weight is 487 g/mol. The molecule has 0 amide bonds. The van der Waals surface area contributed by atoms with Crippen molar-refractivity contribution in [3.63, 3.8) is 0 Å². The van der Waals surface area contributed by atoms with Gasteiger partial charge < -0.3 is 49.6 Å². The summed E-state index contributed by atoms with van der Waals surface area (Å²) in [5.41, 5.74) is -8.81. The predicted octanol–water partition coefficient (Wildman–Crippen LogP) is -1.80. The minimum atomic E-state index is -2.38. The molecule has 3 heterocycles. The van der Waals surface area contributed by atoms with Gasteiger partial charge in [0.05, 0.1) is 29.0 Å². The van der Waals surface area contributed by atoms with Crippen LogP contribution in [0.5, 0.6) is 0 Å². The first-order valence-corrected chi connectivity index (χ1v) is 12.1. The molecule has 192 valence electrons. The van der Waals surface area contributed by atoms with E-state index in [1.807, 2.05) is 13.8 Å². The zero-order chi connectivity index (χ0) is 25.0. The van der Waals surface area contributed by atoms with E-state index in [2.05, 4.69) is 0 Å². The molecule has 0 aromatic heterocycles. The van der Waals surface area contributed by atoms with Crippen LogP contribution in [0.2, 0.25) is 0 Å². The highest BCUT2D eigenvalue weighted by molar-refractivity contribution is 5.78. The molecule has 14 atom stereocenters. The number of unbranched alkanes of at least 4 members (excludes halogenated alkanes) is 1. The summed E-state index contributed by atoms with van der Waals surface area (Å²) >= 11 is 0. The van der Waals surface area contributed by atoms with E-state index in [9.17, 15) is 40.2 Å². The van der Waals surface area contributed by atoms with Gasteiger partial charge in [-0.05, 0) is 31.6 Å². The van der Waals surface area contributed by atoms with Crippen molar-refractivity contribution in [1.82, 2.24) is 0 Å². The molecule has 2 aliphatic carbocycles. The van der Waals surface area contributed by atoms with Crippen LogP contribution in [-0.2, 0) is 23.8 Å². The van der Waals surface area contributed by atoms with Crippen molar-refractivity contribution in [1.29, 1.82) is 0 Å². The Kier molecular flexibility index (Phi) is 5.35. The van der Waals surface area contributed by atoms with Gasteiger partial charge in [0.15, 0.2) is 29.9 Å². The Bertz CT molecular complexity index is 883. The van der Waals surface area contributed by atoms with Gasteiger partial charge in [-0.3, -0.25) is 4.79 Å². The quantitative estimate of drug-likeness (QED) is 0.190. The first-order chi connectivity index (χ1) is 15.9. The topological polar surface area (TPSA) is 183 Å². The lowest BCUT2D eigenvalue weighted by Gasteiger charge is -2.51. The minimum absolute atomic E-state index is 0.0873. The summed E-state index contributed by atoms with van der Waals surface area (Å²) in [6.07, 6.45) is -9.78. The van der Waals surface area contributed by atoms with Gasteiger partial charge in [-0.1, -0.05) is 26.7 Å².